The number of aromatic nitrogens is 1. The van der Waals surface area contributed by atoms with Gasteiger partial charge in [-0.2, -0.15) is 0 Å². The number of hydrogen-bond donors (Lipinski definition) is 1. The van der Waals surface area contributed by atoms with E-state index in [1.165, 1.54) is 0 Å². The molecule has 1 heterocycles. The molecule has 0 aliphatic rings. The number of ether oxygens (including phenoxy) is 2. The highest BCUT2D eigenvalue weighted by atomic mass is 16.5. The largest absolute Gasteiger partial charge is 0.493 e. The number of carbonyl (C=O) groups is 1. The van der Waals surface area contributed by atoms with E-state index >= 15 is 0 Å². The molecule has 5 heteroatoms. The summed E-state index contributed by atoms with van der Waals surface area (Å²) in [5.74, 6) is 1.78. The van der Waals surface area contributed by atoms with Crippen molar-refractivity contribution in [3.63, 3.8) is 0 Å². The Balaban J connectivity index is 1.66. The number of nitrogens with zero attached hydrogens (tertiary/aromatic N) is 1. The molecule has 27 heavy (non-hydrogen) atoms. The fourth-order valence-corrected chi connectivity index (χ4v) is 2.85. The zero-order valence-corrected chi connectivity index (χ0v) is 15.4. The quantitative estimate of drug-likeness (QED) is 0.679. The minimum Gasteiger partial charge on any atom is -0.493 e. The summed E-state index contributed by atoms with van der Waals surface area (Å²) in [6.45, 7) is 0. The van der Waals surface area contributed by atoms with Crippen LogP contribution in [0.25, 0.3) is 11.1 Å². The second-order valence-electron chi connectivity index (χ2n) is 6.01. The molecule has 2 aromatic carbocycles. The van der Waals surface area contributed by atoms with Gasteiger partial charge in [0.25, 0.3) is 0 Å². The van der Waals surface area contributed by atoms with Gasteiger partial charge in [0, 0.05) is 23.7 Å². The van der Waals surface area contributed by atoms with Crippen molar-refractivity contribution in [2.45, 2.75) is 12.8 Å². The van der Waals surface area contributed by atoms with Crippen LogP contribution in [0.3, 0.4) is 0 Å². The number of para-hydroxylation sites is 1. The molecule has 0 fully saturated rings. The van der Waals surface area contributed by atoms with Gasteiger partial charge >= 0.3 is 0 Å². The summed E-state index contributed by atoms with van der Waals surface area (Å²) in [6.07, 6.45) is 2.83. The number of nitrogens with one attached hydrogen (secondary N) is 1. The zero-order chi connectivity index (χ0) is 19.1. The normalized spacial score (nSPS) is 10.3. The lowest BCUT2D eigenvalue weighted by Gasteiger charge is -2.13. The molecule has 3 aromatic rings. The zero-order valence-electron chi connectivity index (χ0n) is 15.4. The molecule has 0 spiro atoms. The Labute approximate surface area is 159 Å². The summed E-state index contributed by atoms with van der Waals surface area (Å²) >= 11 is 0. The maximum absolute atomic E-state index is 12.1. The average Bonchev–Trinajstić information content (AvgIpc) is 2.73. The van der Waals surface area contributed by atoms with Gasteiger partial charge in [0.05, 0.1) is 14.2 Å². The smallest absolute Gasteiger partial charge is 0.225 e. The van der Waals surface area contributed by atoms with Crippen molar-refractivity contribution in [1.82, 2.24) is 4.98 Å². The number of anilines is 1. The number of rotatable bonds is 7. The predicted octanol–water partition coefficient (Wildman–Crippen LogP) is 4.34. The molecule has 1 aromatic heterocycles. The van der Waals surface area contributed by atoms with Gasteiger partial charge in [-0.05, 0) is 30.2 Å². The summed E-state index contributed by atoms with van der Waals surface area (Å²) < 4.78 is 10.8. The molecular weight excluding hydrogens is 340 g/mol. The van der Waals surface area contributed by atoms with Crippen LogP contribution in [-0.4, -0.2) is 25.1 Å². The van der Waals surface area contributed by atoms with E-state index in [4.69, 9.17) is 9.47 Å². The summed E-state index contributed by atoms with van der Waals surface area (Å²) in [4.78, 5) is 16.5. The summed E-state index contributed by atoms with van der Waals surface area (Å²) in [6, 6.07) is 19.3. The standard InChI is InChI=1S/C22H22N2O3/c1-26-19-10-6-9-18(22(19)27-2)17-12-13-20(23-15-17)24-21(25)14-11-16-7-4-3-5-8-16/h3-10,12-13,15H,11,14H2,1-2H3,(H,23,24,25). The van der Waals surface area contributed by atoms with Gasteiger partial charge < -0.3 is 14.8 Å². The number of carbonyl (C=O) groups excluding carboxylic acids is 1. The topological polar surface area (TPSA) is 60.5 Å². The van der Waals surface area contributed by atoms with Gasteiger partial charge in [0.2, 0.25) is 5.91 Å². The summed E-state index contributed by atoms with van der Waals surface area (Å²) in [5.41, 5.74) is 2.90. The van der Waals surface area contributed by atoms with E-state index in [-0.39, 0.29) is 5.91 Å². The highest BCUT2D eigenvalue weighted by molar-refractivity contribution is 5.90. The van der Waals surface area contributed by atoms with Crippen LogP contribution in [-0.2, 0) is 11.2 Å². The highest BCUT2D eigenvalue weighted by Crippen LogP contribution is 2.37. The van der Waals surface area contributed by atoms with Crippen LogP contribution in [0.1, 0.15) is 12.0 Å². The fraction of sp³-hybridized carbons (Fsp3) is 0.182. The molecule has 1 amide bonds. The maximum atomic E-state index is 12.1. The van der Waals surface area contributed by atoms with Gasteiger partial charge in [0.15, 0.2) is 11.5 Å². The van der Waals surface area contributed by atoms with Gasteiger partial charge in [0.1, 0.15) is 5.82 Å². The molecule has 3 rings (SSSR count). The van der Waals surface area contributed by atoms with E-state index in [0.29, 0.717) is 30.2 Å². The van der Waals surface area contributed by atoms with Gasteiger partial charge in [-0.25, -0.2) is 4.98 Å². The molecular formula is C22H22N2O3. The third kappa shape index (κ3) is 4.64. The number of hydrogen-bond acceptors (Lipinski definition) is 4. The summed E-state index contributed by atoms with van der Waals surface area (Å²) in [5, 5.41) is 2.84. The third-order valence-corrected chi connectivity index (χ3v) is 4.23. The lowest BCUT2D eigenvalue weighted by Crippen LogP contribution is -2.13. The van der Waals surface area contributed by atoms with Crippen LogP contribution in [0.2, 0.25) is 0 Å². The number of methoxy groups -OCH3 is 2. The van der Waals surface area contributed by atoms with E-state index in [2.05, 4.69) is 10.3 Å². The van der Waals surface area contributed by atoms with Crippen molar-refractivity contribution in [2.24, 2.45) is 0 Å². The lowest BCUT2D eigenvalue weighted by molar-refractivity contribution is -0.116. The molecule has 0 aliphatic carbocycles. The second kappa shape index (κ2) is 8.85. The summed E-state index contributed by atoms with van der Waals surface area (Å²) in [7, 11) is 3.21. The lowest BCUT2D eigenvalue weighted by atomic mass is 10.1. The Morgan fingerprint density at radius 1 is 0.963 bits per heavy atom. The molecule has 0 saturated heterocycles. The van der Waals surface area contributed by atoms with Gasteiger partial charge in [-0.3, -0.25) is 4.79 Å². The molecule has 0 atom stereocenters. The van der Waals surface area contributed by atoms with Crippen molar-refractivity contribution in [3.8, 4) is 22.6 Å². The van der Waals surface area contributed by atoms with Gasteiger partial charge in [-0.1, -0.05) is 42.5 Å². The Kier molecular flexibility index (Phi) is 6.05. The first-order valence-electron chi connectivity index (χ1n) is 8.72. The molecule has 0 unspecified atom stereocenters. The molecule has 0 aliphatic heterocycles. The highest BCUT2D eigenvalue weighted by Gasteiger charge is 2.12. The molecule has 1 N–H and O–H groups in total. The monoisotopic (exact) mass is 362 g/mol. The maximum Gasteiger partial charge on any atom is 0.225 e. The fourth-order valence-electron chi connectivity index (χ4n) is 2.85. The van der Waals surface area contributed by atoms with Crippen LogP contribution in [0, 0.1) is 0 Å². The van der Waals surface area contributed by atoms with E-state index in [0.717, 1.165) is 16.7 Å². The minimum atomic E-state index is -0.0573. The van der Waals surface area contributed by atoms with Crippen LogP contribution in [0.15, 0.2) is 66.9 Å². The van der Waals surface area contributed by atoms with Crippen molar-refractivity contribution >= 4 is 11.7 Å². The number of benzene rings is 2. The van der Waals surface area contributed by atoms with E-state index in [9.17, 15) is 4.79 Å². The van der Waals surface area contributed by atoms with Crippen LogP contribution in [0.5, 0.6) is 11.5 Å². The first-order valence-corrected chi connectivity index (χ1v) is 8.72. The minimum absolute atomic E-state index is 0.0573. The van der Waals surface area contributed by atoms with Crippen LogP contribution in [0.4, 0.5) is 5.82 Å². The Morgan fingerprint density at radius 2 is 1.78 bits per heavy atom. The third-order valence-electron chi connectivity index (χ3n) is 4.23. The van der Waals surface area contributed by atoms with Crippen molar-refractivity contribution in [1.29, 1.82) is 0 Å². The van der Waals surface area contributed by atoms with Crippen molar-refractivity contribution in [2.75, 3.05) is 19.5 Å². The molecule has 0 bridgehead atoms. The van der Waals surface area contributed by atoms with Crippen molar-refractivity contribution < 1.29 is 14.3 Å². The number of aryl methyl sites for hydroxylation is 1. The molecule has 0 radical (unpaired) electrons. The van der Waals surface area contributed by atoms with Crippen LogP contribution >= 0.6 is 0 Å². The Morgan fingerprint density at radius 3 is 2.44 bits per heavy atom. The van der Waals surface area contributed by atoms with Crippen LogP contribution < -0.4 is 14.8 Å². The van der Waals surface area contributed by atoms with E-state index in [1.807, 2.05) is 54.6 Å². The molecule has 0 saturated carbocycles. The predicted molar refractivity (Wildman–Crippen MR) is 106 cm³/mol. The van der Waals surface area contributed by atoms with E-state index < -0.39 is 0 Å². The number of amides is 1. The van der Waals surface area contributed by atoms with E-state index in [1.54, 1.807) is 26.5 Å². The first kappa shape index (κ1) is 18.5. The molecule has 138 valence electrons. The number of pyridine rings is 1. The first-order chi connectivity index (χ1) is 13.2. The SMILES string of the molecule is COc1cccc(-c2ccc(NC(=O)CCc3ccccc3)nc2)c1OC. The second-order valence-corrected chi connectivity index (χ2v) is 6.01. The average molecular weight is 362 g/mol. The Hall–Kier alpha value is -3.34. The Bertz CT molecular complexity index is 893. The van der Waals surface area contributed by atoms with Crippen molar-refractivity contribution in [3.05, 3.63) is 72.4 Å². The van der Waals surface area contributed by atoms with Gasteiger partial charge in [-0.15, -0.1) is 0 Å². The molecule has 5 nitrogen and oxygen atoms in total.